The summed E-state index contributed by atoms with van der Waals surface area (Å²) in [4.78, 5) is 19.9. The van der Waals surface area contributed by atoms with Gasteiger partial charge in [-0.25, -0.2) is 14.8 Å². The number of ether oxygens (including phenoxy) is 1. The fourth-order valence-electron chi connectivity index (χ4n) is 1.65. The van der Waals surface area contributed by atoms with E-state index in [-0.39, 0.29) is 17.9 Å². The zero-order chi connectivity index (χ0) is 13.5. The second-order valence-electron chi connectivity index (χ2n) is 4.53. The Balaban J connectivity index is 2.80. The average molecular weight is 251 g/mol. The molecule has 0 saturated carbocycles. The van der Waals surface area contributed by atoms with Gasteiger partial charge in [0.05, 0.1) is 7.11 Å². The minimum Gasteiger partial charge on any atom is -0.467 e. The first-order valence-corrected chi connectivity index (χ1v) is 6.23. The highest BCUT2D eigenvalue weighted by Gasteiger charge is 2.23. The number of nitrogens with zero attached hydrogens (tertiary/aromatic N) is 2. The van der Waals surface area contributed by atoms with E-state index in [1.807, 2.05) is 19.9 Å². The molecule has 0 aromatic carbocycles. The Bertz CT molecular complexity index is 394. The van der Waals surface area contributed by atoms with Crippen LogP contribution in [0.15, 0.2) is 12.4 Å². The van der Waals surface area contributed by atoms with Gasteiger partial charge in [0.25, 0.3) is 0 Å². The summed E-state index contributed by atoms with van der Waals surface area (Å²) in [7, 11) is 1.39. The lowest BCUT2D eigenvalue weighted by molar-refractivity contribution is -0.142. The molecule has 5 nitrogen and oxygen atoms in total. The lowest BCUT2D eigenvalue weighted by atomic mass is 10.0. The number of rotatable bonds is 6. The average Bonchev–Trinajstić information content (AvgIpc) is 2.35. The minimum absolute atomic E-state index is 0.127. The third-order valence-corrected chi connectivity index (χ3v) is 2.66. The quantitative estimate of drug-likeness (QED) is 0.784. The summed E-state index contributed by atoms with van der Waals surface area (Å²) in [5, 5.41) is 3.10. The normalized spacial score (nSPS) is 12.3. The van der Waals surface area contributed by atoms with Gasteiger partial charge in [-0.15, -0.1) is 0 Å². The van der Waals surface area contributed by atoms with Gasteiger partial charge in [0.1, 0.15) is 18.2 Å². The van der Waals surface area contributed by atoms with Crippen LogP contribution in [0.3, 0.4) is 0 Å². The second-order valence-corrected chi connectivity index (χ2v) is 4.53. The van der Waals surface area contributed by atoms with Crippen molar-refractivity contribution in [1.29, 1.82) is 0 Å². The molecule has 1 aromatic rings. The van der Waals surface area contributed by atoms with Crippen LogP contribution in [0.1, 0.15) is 32.9 Å². The summed E-state index contributed by atoms with van der Waals surface area (Å²) in [6.07, 6.45) is 3.45. The largest absolute Gasteiger partial charge is 0.467 e. The fraction of sp³-hybridized carbons (Fsp3) is 0.615. The first-order chi connectivity index (χ1) is 8.58. The van der Waals surface area contributed by atoms with Gasteiger partial charge in [-0.3, -0.25) is 0 Å². The van der Waals surface area contributed by atoms with Crippen LogP contribution in [0.4, 0.5) is 5.82 Å². The topological polar surface area (TPSA) is 64.1 Å². The Morgan fingerprint density at radius 1 is 1.44 bits per heavy atom. The number of nitrogens with one attached hydrogen (secondary N) is 1. The van der Waals surface area contributed by atoms with Crippen molar-refractivity contribution < 1.29 is 9.53 Å². The molecule has 0 aliphatic carbocycles. The van der Waals surface area contributed by atoms with E-state index in [0.717, 1.165) is 18.5 Å². The third-order valence-electron chi connectivity index (χ3n) is 2.66. The molecule has 1 atom stereocenters. The monoisotopic (exact) mass is 251 g/mol. The molecule has 0 fully saturated rings. The number of carbonyl (C=O) groups excluding carboxylic acids is 1. The molecular weight excluding hydrogens is 230 g/mol. The number of aromatic nitrogens is 2. The van der Waals surface area contributed by atoms with Crippen molar-refractivity contribution in [2.45, 2.75) is 39.7 Å². The molecule has 0 bridgehead atoms. The molecular formula is C13H21N3O2. The predicted molar refractivity (Wildman–Crippen MR) is 70.3 cm³/mol. The molecule has 18 heavy (non-hydrogen) atoms. The van der Waals surface area contributed by atoms with E-state index in [0.29, 0.717) is 5.82 Å². The van der Waals surface area contributed by atoms with E-state index in [4.69, 9.17) is 4.74 Å². The minimum atomic E-state index is -0.389. The van der Waals surface area contributed by atoms with Crippen LogP contribution in [-0.4, -0.2) is 29.1 Å². The summed E-state index contributed by atoms with van der Waals surface area (Å²) in [5.41, 5.74) is 0.974. The number of hydrogen-bond acceptors (Lipinski definition) is 5. The maximum Gasteiger partial charge on any atom is 0.328 e. The van der Waals surface area contributed by atoms with E-state index >= 15 is 0 Å². The number of aryl methyl sites for hydroxylation is 1. The van der Waals surface area contributed by atoms with E-state index in [9.17, 15) is 4.79 Å². The number of carbonyl (C=O) groups is 1. The molecule has 1 aromatic heterocycles. The molecule has 100 valence electrons. The molecule has 0 spiro atoms. The summed E-state index contributed by atoms with van der Waals surface area (Å²) >= 11 is 0. The van der Waals surface area contributed by atoms with Gasteiger partial charge in [-0.2, -0.15) is 0 Å². The smallest absolute Gasteiger partial charge is 0.328 e. The summed E-state index contributed by atoms with van der Waals surface area (Å²) in [5.74, 6) is 0.514. The summed E-state index contributed by atoms with van der Waals surface area (Å²) in [6.45, 7) is 6.02. The van der Waals surface area contributed by atoms with Crippen molar-refractivity contribution in [2.24, 2.45) is 5.92 Å². The van der Waals surface area contributed by atoms with Crippen molar-refractivity contribution >= 4 is 11.8 Å². The first kappa shape index (κ1) is 14.4. The lowest BCUT2D eigenvalue weighted by Crippen LogP contribution is -2.35. The zero-order valence-corrected chi connectivity index (χ0v) is 11.4. The van der Waals surface area contributed by atoms with Crippen LogP contribution in [0.25, 0.3) is 0 Å². The van der Waals surface area contributed by atoms with Crippen LogP contribution >= 0.6 is 0 Å². The molecule has 1 rings (SSSR count). The van der Waals surface area contributed by atoms with Gasteiger partial charge >= 0.3 is 5.97 Å². The van der Waals surface area contributed by atoms with Crippen molar-refractivity contribution in [1.82, 2.24) is 9.97 Å². The summed E-state index contributed by atoms with van der Waals surface area (Å²) in [6, 6.07) is 1.49. The highest BCUT2D eigenvalue weighted by atomic mass is 16.5. The van der Waals surface area contributed by atoms with Crippen LogP contribution in [0, 0.1) is 5.92 Å². The standard InChI is InChI=1S/C13H21N3O2/c1-5-6-10-7-11(15-8-14-10)16-12(9(2)3)13(17)18-4/h7-9,12H,5-6H2,1-4H3,(H,14,15,16). The first-order valence-electron chi connectivity index (χ1n) is 6.23. The Morgan fingerprint density at radius 3 is 2.72 bits per heavy atom. The molecule has 1 unspecified atom stereocenters. The van der Waals surface area contributed by atoms with Gasteiger partial charge < -0.3 is 10.1 Å². The van der Waals surface area contributed by atoms with Gasteiger partial charge in [0.15, 0.2) is 0 Å². The molecule has 1 N–H and O–H groups in total. The van der Waals surface area contributed by atoms with Gasteiger partial charge in [0.2, 0.25) is 0 Å². The van der Waals surface area contributed by atoms with Gasteiger partial charge in [-0.05, 0) is 12.3 Å². The Kier molecular flexibility index (Phi) is 5.55. The number of esters is 1. The highest BCUT2D eigenvalue weighted by Crippen LogP contribution is 2.12. The van der Waals surface area contributed by atoms with Crippen molar-refractivity contribution in [3.05, 3.63) is 18.1 Å². The molecule has 1 heterocycles. The fourth-order valence-corrected chi connectivity index (χ4v) is 1.65. The van der Waals surface area contributed by atoms with E-state index in [1.54, 1.807) is 0 Å². The van der Waals surface area contributed by atoms with E-state index in [1.165, 1.54) is 13.4 Å². The summed E-state index contributed by atoms with van der Waals surface area (Å²) < 4.78 is 4.78. The Hall–Kier alpha value is -1.65. The molecule has 0 aliphatic heterocycles. The lowest BCUT2D eigenvalue weighted by Gasteiger charge is -2.20. The van der Waals surface area contributed by atoms with Gasteiger partial charge in [0, 0.05) is 11.8 Å². The zero-order valence-electron chi connectivity index (χ0n) is 11.4. The van der Waals surface area contributed by atoms with Gasteiger partial charge in [-0.1, -0.05) is 27.2 Å². The number of hydrogen-bond donors (Lipinski definition) is 1. The maximum absolute atomic E-state index is 11.6. The van der Waals surface area contributed by atoms with Crippen molar-refractivity contribution in [2.75, 3.05) is 12.4 Å². The number of anilines is 1. The van der Waals surface area contributed by atoms with Crippen LogP contribution in [0.5, 0.6) is 0 Å². The highest BCUT2D eigenvalue weighted by molar-refractivity contribution is 5.79. The molecule has 5 heteroatoms. The predicted octanol–water partition coefficient (Wildman–Crippen LogP) is 2.04. The van der Waals surface area contributed by atoms with Crippen LogP contribution in [0.2, 0.25) is 0 Å². The Labute approximate surface area is 108 Å². The van der Waals surface area contributed by atoms with E-state index < -0.39 is 0 Å². The second kappa shape index (κ2) is 6.93. The third kappa shape index (κ3) is 3.98. The maximum atomic E-state index is 11.6. The molecule has 0 saturated heterocycles. The van der Waals surface area contributed by atoms with Crippen LogP contribution in [-0.2, 0) is 16.0 Å². The Morgan fingerprint density at radius 2 is 2.17 bits per heavy atom. The number of methoxy groups -OCH3 is 1. The van der Waals surface area contributed by atoms with Crippen molar-refractivity contribution in [3.63, 3.8) is 0 Å². The van der Waals surface area contributed by atoms with Crippen molar-refractivity contribution in [3.8, 4) is 0 Å². The van der Waals surface area contributed by atoms with Crippen LogP contribution < -0.4 is 5.32 Å². The molecule has 0 amide bonds. The molecule has 0 radical (unpaired) electrons. The molecule has 0 aliphatic rings. The SMILES string of the molecule is CCCc1cc(NC(C(=O)OC)C(C)C)ncn1. The van der Waals surface area contributed by atoms with E-state index in [2.05, 4.69) is 22.2 Å².